The van der Waals surface area contributed by atoms with Crippen LogP contribution in [0.5, 0.6) is 0 Å². The minimum absolute atomic E-state index is 0. The molecule has 25 heavy (non-hydrogen) atoms. The summed E-state index contributed by atoms with van der Waals surface area (Å²) < 4.78 is 5.41. The Labute approximate surface area is 169 Å². The average Bonchev–Trinajstić information content (AvgIpc) is 3.01. The Morgan fingerprint density at radius 2 is 1.96 bits per heavy atom. The second-order valence-corrected chi connectivity index (χ2v) is 6.61. The molecular formula is C18H34IN5O. The summed E-state index contributed by atoms with van der Waals surface area (Å²) in [7, 11) is 1.81. The summed E-state index contributed by atoms with van der Waals surface area (Å²) in [4.78, 5) is 6.85. The quantitative estimate of drug-likeness (QED) is 0.370. The zero-order valence-electron chi connectivity index (χ0n) is 16.1. The van der Waals surface area contributed by atoms with Gasteiger partial charge in [-0.05, 0) is 38.3 Å². The van der Waals surface area contributed by atoms with Gasteiger partial charge in [-0.3, -0.25) is 4.99 Å². The lowest BCUT2D eigenvalue weighted by Crippen LogP contribution is -2.43. The van der Waals surface area contributed by atoms with Crippen molar-refractivity contribution in [3.63, 3.8) is 0 Å². The summed E-state index contributed by atoms with van der Waals surface area (Å²) in [5, 5.41) is 11.0. The van der Waals surface area contributed by atoms with E-state index in [9.17, 15) is 0 Å². The van der Waals surface area contributed by atoms with Gasteiger partial charge in [0.15, 0.2) is 5.96 Å². The topological polar surface area (TPSA) is 65.7 Å². The second-order valence-electron chi connectivity index (χ2n) is 6.61. The molecule has 1 aliphatic heterocycles. The highest BCUT2D eigenvalue weighted by Crippen LogP contribution is 2.16. The molecule has 0 radical (unpaired) electrons. The number of rotatable bonds is 7. The maximum Gasteiger partial charge on any atom is 0.191 e. The van der Waals surface area contributed by atoms with E-state index in [1.165, 1.54) is 31.5 Å². The van der Waals surface area contributed by atoms with Crippen LogP contribution in [-0.4, -0.2) is 49.2 Å². The van der Waals surface area contributed by atoms with Crippen LogP contribution in [0.1, 0.15) is 50.6 Å². The van der Waals surface area contributed by atoms with Crippen LogP contribution in [0.25, 0.3) is 0 Å². The van der Waals surface area contributed by atoms with Crippen molar-refractivity contribution < 1.29 is 4.52 Å². The molecular weight excluding hydrogens is 429 g/mol. The number of aromatic nitrogens is 1. The monoisotopic (exact) mass is 463 g/mol. The van der Waals surface area contributed by atoms with E-state index in [1.807, 2.05) is 7.05 Å². The third kappa shape index (κ3) is 6.77. The van der Waals surface area contributed by atoms with E-state index in [0.29, 0.717) is 6.54 Å². The number of aryl methyl sites for hydroxylation is 2. The maximum absolute atomic E-state index is 5.41. The third-order valence-electron chi connectivity index (χ3n) is 4.86. The van der Waals surface area contributed by atoms with E-state index >= 15 is 0 Å². The Morgan fingerprint density at radius 1 is 1.24 bits per heavy atom. The molecule has 0 aromatic carbocycles. The summed E-state index contributed by atoms with van der Waals surface area (Å²) in [5.41, 5.74) is 2.21. The number of aliphatic imine (C=N–C) groups is 1. The molecule has 2 rings (SSSR count). The van der Waals surface area contributed by atoms with Crippen molar-refractivity contribution in [1.29, 1.82) is 0 Å². The Hall–Kier alpha value is -0.830. The van der Waals surface area contributed by atoms with Crippen molar-refractivity contribution in [3.8, 4) is 0 Å². The highest BCUT2D eigenvalue weighted by atomic mass is 127. The average molecular weight is 463 g/mol. The van der Waals surface area contributed by atoms with Crippen LogP contribution in [0, 0.1) is 5.92 Å². The molecule has 6 nitrogen and oxygen atoms in total. The van der Waals surface area contributed by atoms with Gasteiger partial charge in [-0.15, -0.1) is 24.0 Å². The van der Waals surface area contributed by atoms with Crippen LogP contribution in [0.15, 0.2) is 9.52 Å². The van der Waals surface area contributed by atoms with Crippen LogP contribution in [-0.2, 0) is 19.4 Å². The molecule has 2 heterocycles. The van der Waals surface area contributed by atoms with E-state index in [2.05, 4.69) is 46.5 Å². The van der Waals surface area contributed by atoms with Crippen molar-refractivity contribution in [2.75, 3.05) is 33.2 Å². The molecule has 0 amide bonds. The van der Waals surface area contributed by atoms with Crippen LogP contribution < -0.4 is 10.6 Å². The molecule has 0 spiro atoms. The van der Waals surface area contributed by atoms with Gasteiger partial charge in [0.25, 0.3) is 0 Å². The summed E-state index contributed by atoms with van der Waals surface area (Å²) in [6, 6.07) is 0. The van der Waals surface area contributed by atoms with Gasteiger partial charge in [0.1, 0.15) is 5.76 Å². The molecule has 1 aromatic heterocycles. The summed E-state index contributed by atoms with van der Waals surface area (Å²) in [5.74, 6) is 2.69. The van der Waals surface area contributed by atoms with E-state index < -0.39 is 0 Å². The van der Waals surface area contributed by atoms with Gasteiger partial charge in [-0.1, -0.05) is 25.9 Å². The molecule has 1 saturated heterocycles. The second kappa shape index (κ2) is 11.7. The number of guanidine groups is 1. The number of halogens is 1. The Kier molecular flexibility index (Phi) is 10.4. The van der Waals surface area contributed by atoms with Crippen molar-refractivity contribution in [1.82, 2.24) is 20.7 Å². The molecule has 0 aliphatic carbocycles. The first-order valence-electron chi connectivity index (χ1n) is 9.31. The highest BCUT2D eigenvalue weighted by Gasteiger charge is 2.16. The van der Waals surface area contributed by atoms with Gasteiger partial charge in [-0.25, -0.2) is 0 Å². The number of piperidine rings is 1. The van der Waals surface area contributed by atoms with Gasteiger partial charge in [-0.2, -0.15) is 0 Å². The van der Waals surface area contributed by atoms with Crippen LogP contribution in [0.4, 0.5) is 0 Å². The zero-order chi connectivity index (χ0) is 17.4. The van der Waals surface area contributed by atoms with Crippen LogP contribution in [0.3, 0.4) is 0 Å². The predicted octanol–water partition coefficient (Wildman–Crippen LogP) is 2.81. The van der Waals surface area contributed by atoms with Crippen molar-refractivity contribution >= 4 is 29.9 Å². The fourth-order valence-electron chi connectivity index (χ4n) is 3.15. The Morgan fingerprint density at radius 3 is 2.56 bits per heavy atom. The molecule has 0 unspecified atom stereocenters. The molecule has 1 aromatic rings. The number of likely N-dealkylation sites (tertiary alicyclic amines) is 1. The van der Waals surface area contributed by atoms with Crippen molar-refractivity contribution in [2.24, 2.45) is 10.9 Å². The van der Waals surface area contributed by atoms with Gasteiger partial charge < -0.3 is 20.1 Å². The smallest absolute Gasteiger partial charge is 0.191 e. The van der Waals surface area contributed by atoms with Gasteiger partial charge in [0.2, 0.25) is 0 Å². The Balaban J connectivity index is 0.00000312. The zero-order valence-corrected chi connectivity index (χ0v) is 18.4. The van der Waals surface area contributed by atoms with Crippen molar-refractivity contribution in [2.45, 2.75) is 53.0 Å². The SMILES string of the molecule is CCc1noc(CC)c1CNC(=NC)NCCN1CCC(C)CC1.I. The van der Waals surface area contributed by atoms with Gasteiger partial charge in [0.05, 0.1) is 5.69 Å². The number of nitrogens with zero attached hydrogens (tertiary/aromatic N) is 3. The molecule has 0 atom stereocenters. The Bertz CT molecular complexity index is 502. The lowest BCUT2D eigenvalue weighted by atomic mass is 9.99. The minimum atomic E-state index is 0. The summed E-state index contributed by atoms with van der Waals surface area (Å²) in [6.07, 6.45) is 4.39. The standard InChI is InChI=1S/C18H33N5O.HI/c1-5-16-15(17(6-2)24-22-16)13-21-18(19-4)20-9-12-23-10-7-14(3)8-11-23;/h14H,5-13H2,1-4H3,(H2,19,20,21);1H. The maximum atomic E-state index is 5.41. The van der Waals surface area contributed by atoms with E-state index in [-0.39, 0.29) is 24.0 Å². The molecule has 2 N–H and O–H groups in total. The molecule has 0 bridgehead atoms. The first-order chi connectivity index (χ1) is 11.7. The van der Waals surface area contributed by atoms with Gasteiger partial charge in [0, 0.05) is 38.7 Å². The highest BCUT2D eigenvalue weighted by molar-refractivity contribution is 14.0. The normalized spacial score (nSPS) is 16.6. The number of hydrogen-bond donors (Lipinski definition) is 2. The molecule has 144 valence electrons. The predicted molar refractivity (Wildman–Crippen MR) is 114 cm³/mol. The fraction of sp³-hybridized carbons (Fsp3) is 0.778. The molecule has 7 heteroatoms. The fourth-order valence-corrected chi connectivity index (χ4v) is 3.15. The van der Waals surface area contributed by atoms with Crippen LogP contribution in [0.2, 0.25) is 0 Å². The van der Waals surface area contributed by atoms with E-state index in [0.717, 1.165) is 49.3 Å². The third-order valence-corrected chi connectivity index (χ3v) is 4.86. The number of nitrogens with one attached hydrogen (secondary N) is 2. The minimum Gasteiger partial charge on any atom is -0.361 e. The first-order valence-corrected chi connectivity index (χ1v) is 9.31. The number of hydrogen-bond acceptors (Lipinski definition) is 4. The summed E-state index contributed by atoms with van der Waals surface area (Å²) in [6.45, 7) is 11.7. The van der Waals surface area contributed by atoms with Crippen LogP contribution >= 0.6 is 24.0 Å². The molecule has 0 saturated carbocycles. The lowest BCUT2D eigenvalue weighted by Gasteiger charge is -2.30. The van der Waals surface area contributed by atoms with E-state index in [4.69, 9.17) is 4.52 Å². The largest absolute Gasteiger partial charge is 0.361 e. The molecule has 1 fully saturated rings. The lowest BCUT2D eigenvalue weighted by molar-refractivity contribution is 0.195. The summed E-state index contributed by atoms with van der Waals surface area (Å²) >= 11 is 0. The van der Waals surface area contributed by atoms with E-state index in [1.54, 1.807) is 0 Å². The van der Waals surface area contributed by atoms with Crippen molar-refractivity contribution in [3.05, 3.63) is 17.0 Å². The van der Waals surface area contributed by atoms with Gasteiger partial charge >= 0.3 is 0 Å². The molecule has 1 aliphatic rings. The first kappa shape index (κ1) is 22.2.